The third kappa shape index (κ3) is 3.50. The van der Waals surface area contributed by atoms with Crippen molar-refractivity contribution in [3.63, 3.8) is 0 Å². The van der Waals surface area contributed by atoms with E-state index in [9.17, 15) is 0 Å². The van der Waals surface area contributed by atoms with E-state index in [4.69, 9.17) is 16.6 Å². The van der Waals surface area contributed by atoms with Crippen LogP contribution in [-0.4, -0.2) is 29.0 Å². The SMILES string of the molecule is CN1[C@H]2CC[C@@H]1[C@@H](c1ncc(-c3ccccc3)s1)[C@@H](c1ccc(Cl)cc1)C2.Cl. The molecule has 0 spiro atoms. The van der Waals surface area contributed by atoms with Gasteiger partial charge in [0.2, 0.25) is 0 Å². The van der Waals surface area contributed by atoms with Crippen LogP contribution in [-0.2, 0) is 0 Å². The maximum absolute atomic E-state index is 6.15. The summed E-state index contributed by atoms with van der Waals surface area (Å²) in [6.45, 7) is 0. The van der Waals surface area contributed by atoms with Crippen molar-refractivity contribution >= 4 is 35.3 Å². The summed E-state index contributed by atoms with van der Waals surface area (Å²) < 4.78 is 0. The Kier molecular flexibility index (Phi) is 5.80. The van der Waals surface area contributed by atoms with Gasteiger partial charge in [0.15, 0.2) is 0 Å². The third-order valence-corrected chi connectivity index (χ3v) is 7.83. The van der Waals surface area contributed by atoms with Gasteiger partial charge in [0.25, 0.3) is 0 Å². The van der Waals surface area contributed by atoms with Crippen molar-refractivity contribution in [2.24, 2.45) is 0 Å². The lowest BCUT2D eigenvalue weighted by Crippen LogP contribution is -2.44. The highest BCUT2D eigenvalue weighted by molar-refractivity contribution is 7.15. The molecule has 0 amide bonds. The van der Waals surface area contributed by atoms with Crippen molar-refractivity contribution in [1.29, 1.82) is 0 Å². The molecule has 5 rings (SSSR count). The van der Waals surface area contributed by atoms with Crippen LogP contribution in [0.5, 0.6) is 0 Å². The Morgan fingerprint density at radius 3 is 2.54 bits per heavy atom. The third-order valence-electron chi connectivity index (χ3n) is 6.43. The number of nitrogens with zero attached hydrogens (tertiary/aromatic N) is 2. The Morgan fingerprint density at radius 1 is 1.04 bits per heavy atom. The predicted molar refractivity (Wildman–Crippen MR) is 121 cm³/mol. The summed E-state index contributed by atoms with van der Waals surface area (Å²) in [7, 11) is 2.30. The summed E-state index contributed by atoms with van der Waals surface area (Å²) in [5, 5.41) is 2.10. The van der Waals surface area contributed by atoms with Gasteiger partial charge < -0.3 is 0 Å². The second kappa shape index (κ2) is 8.16. The van der Waals surface area contributed by atoms with Gasteiger partial charge in [-0.1, -0.05) is 54.1 Å². The number of rotatable bonds is 3. The standard InChI is InChI=1S/C23H23ClN2S.ClH/c1-26-18-11-12-20(26)22(19(13-18)15-7-9-17(24)10-8-15)23-25-14-21(27-23)16-5-3-2-4-6-16;/h2-10,14,18-20,22H,11-13H2,1H3;1H/t18-,19+,20+,22-;/m0./s1. The van der Waals surface area contributed by atoms with E-state index in [1.807, 2.05) is 23.5 Å². The van der Waals surface area contributed by atoms with E-state index < -0.39 is 0 Å². The maximum atomic E-state index is 6.15. The molecule has 4 atom stereocenters. The second-order valence-corrected chi connectivity index (χ2v) is 9.31. The molecule has 0 unspecified atom stereocenters. The first-order chi connectivity index (χ1) is 13.2. The van der Waals surface area contributed by atoms with Gasteiger partial charge in [0, 0.05) is 29.2 Å². The van der Waals surface area contributed by atoms with Gasteiger partial charge >= 0.3 is 0 Å². The Bertz CT molecular complexity index is 925. The summed E-state index contributed by atoms with van der Waals surface area (Å²) in [5.41, 5.74) is 2.67. The number of thiazole rings is 1. The molecule has 2 aliphatic rings. The van der Waals surface area contributed by atoms with E-state index in [0.29, 0.717) is 23.9 Å². The molecular weight excluding hydrogens is 407 g/mol. The number of aromatic nitrogens is 1. The van der Waals surface area contributed by atoms with Crippen LogP contribution in [0.4, 0.5) is 0 Å². The molecule has 28 heavy (non-hydrogen) atoms. The van der Waals surface area contributed by atoms with Crippen molar-refractivity contribution in [1.82, 2.24) is 9.88 Å². The number of fused-ring (bicyclic) bond motifs is 2. The van der Waals surface area contributed by atoms with Crippen LogP contribution >= 0.6 is 35.3 Å². The molecule has 2 saturated heterocycles. The lowest BCUT2D eigenvalue weighted by atomic mass is 9.76. The topological polar surface area (TPSA) is 16.1 Å². The quantitative estimate of drug-likeness (QED) is 0.463. The fourth-order valence-electron chi connectivity index (χ4n) is 5.03. The lowest BCUT2D eigenvalue weighted by molar-refractivity contribution is 0.137. The molecule has 5 heteroatoms. The first kappa shape index (κ1) is 19.9. The van der Waals surface area contributed by atoms with Crippen LogP contribution in [0.3, 0.4) is 0 Å². The molecule has 0 radical (unpaired) electrons. The number of hydrogen-bond acceptors (Lipinski definition) is 3. The van der Waals surface area contributed by atoms with Gasteiger partial charge in [0.05, 0.1) is 9.88 Å². The number of piperidine rings is 1. The van der Waals surface area contributed by atoms with Crippen LogP contribution in [0.15, 0.2) is 60.8 Å². The molecule has 3 aromatic rings. The number of likely N-dealkylation sites (N-methyl/N-ethyl adjacent to an activating group) is 1. The van der Waals surface area contributed by atoms with Crippen molar-refractivity contribution in [2.75, 3.05) is 7.05 Å². The summed E-state index contributed by atoms with van der Waals surface area (Å²) >= 11 is 8.02. The fourth-order valence-corrected chi connectivity index (χ4v) is 6.31. The minimum absolute atomic E-state index is 0. The predicted octanol–water partition coefficient (Wildman–Crippen LogP) is 6.62. The molecule has 0 aliphatic carbocycles. The van der Waals surface area contributed by atoms with Crippen LogP contribution in [0.2, 0.25) is 5.02 Å². The van der Waals surface area contributed by atoms with Crippen LogP contribution in [0, 0.1) is 0 Å². The number of benzene rings is 2. The van der Waals surface area contributed by atoms with Crippen molar-refractivity contribution in [2.45, 2.75) is 43.2 Å². The second-order valence-electron chi connectivity index (χ2n) is 7.81. The van der Waals surface area contributed by atoms with E-state index >= 15 is 0 Å². The molecule has 2 bridgehead atoms. The largest absolute Gasteiger partial charge is 0.300 e. The van der Waals surface area contributed by atoms with Gasteiger partial charge in [-0.05, 0) is 55.5 Å². The molecule has 0 saturated carbocycles. The summed E-state index contributed by atoms with van der Waals surface area (Å²) in [4.78, 5) is 8.81. The Morgan fingerprint density at radius 2 is 1.79 bits per heavy atom. The highest BCUT2D eigenvalue weighted by atomic mass is 35.5. The highest BCUT2D eigenvalue weighted by Gasteiger charge is 2.47. The molecule has 2 nitrogen and oxygen atoms in total. The van der Waals surface area contributed by atoms with Crippen LogP contribution < -0.4 is 0 Å². The highest BCUT2D eigenvalue weighted by Crippen LogP contribution is 2.52. The zero-order chi connectivity index (χ0) is 18.4. The molecule has 2 aromatic carbocycles. The maximum Gasteiger partial charge on any atom is 0.0983 e. The summed E-state index contributed by atoms with van der Waals surface area (Å²) in [6.07, 6.45) is 5.85. The Labute approximate surface area is 182 Å². The first-order valence-electron chi connectivity index (χ1n) is 9.69. The molecule has 3 heterocycles. The van der Waals surface area contributed by atoms with E-state index in [1.54, 1.807) is 0 Å². The van der Waals surface area contributed by atoms with Gasteiger partial charge in [-0.2, -0.15) is 0 Å². The van der Waals surface area contributed by atoms with E-state index in [0.717, 1.165) is 5.02 Å². The molecular formula is C23H24Cl2N2S. The van der Waals surface area contributed by atoms with Crippen LogP contribution in [0.25, 0.3) is 10.4 Å². The number of halogens is 2. The molecule has 146 valence electrons. The zero-order valence-electron chi connectivity index (χ0n) is 15.8. The monoisotopic (exact) mass is 430 g/mol. The Balaban J connectivity index is 0.00000192. The number of hydrogen-bond donors (Lipinski definition) is 0. The smallest absolute Gasteiger partial charge is 0.0983 e. The van der Waals surface area contributed by atoms with E-state index in [1.165, 1.54) is 40.3 Å². The summed E-state index contributed by atoms with van der Waals surface area (Å²) in [5.74, 6) is 0.975. The van der Waals surface area contributed by atoms with Crippen molar-refractivity contribution in [3.05, 3.63) is 76.4 Å². The van der Waals surface area contributed by atoms with Gasteiger partial charge in [-0.25, -0.2) is 4.98 Å². The average molecular weight is 431 g/mol. The van der Waals surface area contributed by atoms with Gasteiger partial charge in [-0.3, -0.25) is 4.90 Å². The zero-order valence-corrected chi connectivity index (χ0v) is 18.2. The minimum atomic E-state index is 0. The molecule has 1 aromatic heterocycles. The van der Waals surface area contributed by atoms with Crippen molar-refractivity contribution < 1.29 is 0 Å². The van der Waals surface area contributed by atoms with E-state index in [-0.39, 0.29) is 12.4 Å². The lowest BCUT2D eigenvalue weighted by Gasteiger charge is -2.42. The minimum Gasteiger partial charge on any atom is -0.300 e. The molecule has 2 aliphatic heterocycles. The van der Waals surface area contributed by atoms with E-state index in [2.05, 4.69) is 60.6 Å². The fraction of sp³-hybridized carbons (Fsp3) is 0.348. The van der Waals surface area contributed by atoms with Crippen molar-refractivity contribution in [3.8, 4) is 10.4 Å². The Hall–Kier alpha value is -1.39. The first-order valence-corrected chi connectivity index (χ1v) is 10.9. The van der Waals surface area contributed by atoms with Gasteiger partial charge in [0.1, 0.15) is 0 Å². The summed E-state index contributed by atoms with van der Waals surface area (Å²) in [6, 6.07) is 20.4. The van der Waals surface area contributed by atoms with Crippen LogP contribution in [0.1, 0.15) is 41.7 Å². The molecule has 2 fully saturated rings. The molecule has 0 N–H and O–H groups in total. The normalized spacial score (nSPS) is 26.8. The van der Waals surface area contributed by atoms with Gasteiger partial charge in [-0.15, -0.1) is 23.7 Å². The average Bonchev–Trinajstić information content (AvgIpc) is 3.26.